The Morgan fingerprint density at radius 2 is 1.54 bits per heavy atom. The van der Waals surface area contributed by atoms with Crippen molar-refractivity contribution in [3.8, 4) is 0 Å². The van der Waals surface area contributed by atoms with Crippen molar-refractivity contribution in [3.63, 3.8) is 0 Å². The molecule has 0 heterocycles. The molecular formula is C20H15Cl2NS. The average Bonchev–Trinajstić information content (AvgIpc) is 2.57. The number of rotatable bonds is 4. The summed E-state index contributed by atoms with van der Waals surface area (Å²) in [6.07, 6.45) is 0. The number of hydrogen-bond donors (Lipinski definition) is 1. The van der Waals surface area contributed by atoms with Gasteiger partial charge in [0.25, 0.3) is 0 Å². The molecule has 0 aliphatic rings. The zero-order valence-corrected chi connectivity index (χ0v) is 15.3. The quantitative estimate of drug-likeness (QED) is 0.399. The summed E-state index contributed by atoms with van der Waals surface area (Å²) in [6, 6.07) is 21.4. The van der Waals surface area contributed by atoms with Crippen LogP contribution >= 0.6 is 35.4 Å². The maximum absolute atomic E-state index is 6.47. The van der Waals surface area contributed by atoms with Crippen LogP contribution in [0.5, 0.6) is 0 Å². The van der Waals surface area contributed by atoms with Gasteiger partial charge in [0, 0.05) is 11.3 Å². The van der Waals surface area contributed by atoms with Crippen LogP contribution < -0.4 is 5.32 Å². The Hall–Kier alpha value is -1.87. The number of aryl methyl sites for hydroxylation is 1. The molecule has 3 aromatic carbocycles. The second kappa shape index (κ2) is 7.35. The van der Waals surface area contributed by atoms with Crippen LogP contribution in [0.15, 0.2) is 66.7 Å². The SMILES string of the molecule is Cc1ccccc1C(=S)c1ccc(Nc2ccccc2Cl)cc1Cl. The van der Waals surface area contributed by atoms with Crippen LogP contribution in [0.25, 0.3) is 0 Å². The molecule has 0 spiro atoms. The third-order valence-corrected chi connectivity index (χ3v) is 4.84. The number of halogens is 2. The summed E-state index contributed by atoms with van der Waals surface area (Å²) in [5.41, 5.74) is 4.72. The minimum Gasteiger partial charge on any atom is -0.354 e. The van der Waals surface area contributed by atoms with Gasteiger partial charge in [-0.25, -0.2) is 0 Å². The van der Waals surface area contributed by atoms with Gasteiger partial charge < -0.3 is 5.32 Å². The summed E-state index contributed by atoms with van der Waals surface area (Å²) in [5.74, 6) is 0. The Labute approximate surface area is 157 Å². The molecule has 0 aliphatic carbocycles. The van der Waals surface area contributed by atoms with Crippen LogP contribution in [0.4, 0.5) is 11.4 Å². The monoisotopic (exact) mass is 371 g/mol. The van der Waals surface area contributed by atoms with E-state index in [0.29, 0.717) is 10.0 Å². The molecule has 1 N–H and O–H groups in total. The summed E-state index contributed by atoms with van der Waals surface area (Å²) in [5, 5.41) is 4.54. The summed E-state index contributed by atoms with van der Waals surface area (Å²) < 4.78 is 0. The van der Waals surface area contributed by atoms with Gasteiger partial charge in [0.05, 0.1) is 20.6 Å². The van der Waals surface area contributed by atoms with Crippen molar-refractivity contribution in [2.45, 2.75) is 6.92 Å². The number of thiocarbonyl (C=S) groups is 1. The minimum atomic E-state index is 0.611. The molecule has 0 radical (unpaired) electrons. The molecule has 4 heteroatoms. The molecule has 120 valence electrons. The topological polar surface area (TPSA) is 12.0 Å². The second-order valence-electron chi connectivity index (χ2n) is 5.44. The van der Waals surface area contributed by atoms with Gasteiger partial charge in [-0.2, -0.15) is 0 Å². The molecule has 1 nitrogen and oxygen atoms in total. The Balaban J connectivity index is 1.89. The summed E-state index contributed by atoms with van der Waals surface area (Å²) in [7, 11) is 0. The fraction of sp³-hybridized carbons (Fsp3) is 0.0500. The zero-order chi connectivity index (χ0) is 17.1. The van der Waals surface area contributed by atoms with Crippen LogP contribution in [0, 0.1) is 6.92 Å². The van der Waals surface area contributed by atoms with E-state index in [1.165, 1.54) is 0 Å². The van der Waals surface area contributed by atoms with E-state index in [4.69, 9.17) is 35.4 Å². The Morgan fingerprint density at radius 3 is 2.25 bits per heavy atom. The van der Waals surface area contributed by atoms with E-state index in [1.54, 1.807) is 0 Å². The molecule has 0 amide bonds. The van der Waals surface area contributed by atoms with E-state index in [2.05, 4.69) is 5.32 Å². The van der Waals surface area contributed by atoms with Gasteiger partial charge in [0.15, 0.2) is 0 Å². The van der Waals surface area contributed by atoms with Crippen LogP contribution in [0.1, 0.15) is 16.7 Å². The van der Waals surface area contributed by atoms with Gasteiger partial charge >= 0.3 is 0 Å². The first-order valence-corrected chi connectivity index (χ1v) is 8.64. The van der Waals surface area contributed by atoms with Crippen molar-refractivity contribution in [3.05, 3.63) is 93.5 Å². The van der Waals surface area contributed by atoms with Crippen molar-refractivity contribution in [1.29, 1.82) is 0 Å². The molecule has 0 saturated carbocycles. The highest BCUT2D eigenvalue weighted by Crippen LogP contribution is 2.29. The molecule has 0 aromatic heterocycles. The summed E-state index contributed by atoms with van der Waals surface area (Å²) in [4.78, 5) is 0.752. The van der Waals surface area contributed by atoms with Crippen molar-refractivity contribution >= 4 is 51.7 Å². The van der Waals surface area contributed by atoms with Gasteiger partial charge in [-0.1, -0.05) is 71.8 Å². The predicted octanol–water partition coefficient (Wildman–Crippen LogP) is 6.81. The van der Waals surface area contributed by atoms with Crippen LogP contribution in [-0.4, -0.2) is 4.86 Å². The van der Waals surface area contributed by atoms with Gasteiger partial charge in [-0.3, -0.25) is 0 Å². The molecule has 0 atom stereocenters. The molecule has 0 unspecified atom stereocenters. The highest BCUT2D eigenvalue weighted by molar-refractivity contribution is 7.81. The summed E-state index contributed by atoms with van der Waals surface area (Å²) >= 11 is 18.3. The largest absolute Gasteiger partial charge is 0.354 e. The van der Waals surface area contributed by atoms with E-state index in [1.807, 2.05) is 73.7 Å². The molecule has 0 aliphatic heterocycles. The lowest BCUT2D eigenvalue weighted by atomic mass is 10.00. The second-order valence-corrected chi connectivity index (χ2v) is 6.67. The van der Waals surface area contributed by atoms with Crippen molar-refractivity contribution < 1.29 is 0 Å². The fourth-order valence-electron chi connectivity index (χ4n) is 2.47. The van der Waals surface area contributed by atoms with Crippen molar-refractivity contribution in [1.82, 2.24) is 0 Å². The first-order chi connectivity index (χ1) is 11.6. The minimum absolute atomic E-state index is 0.611. The van der Waals surface area contributed by atoms with Crippen LogP contribution in [0.2, 0.25) is 10.0 Å². The maximum Gasteiger partial charge on any atom is 0.0640 e. The van der Waals surface area contributed by atoms with E-state index in [9.17, 15) is 0 Å². The Morgan fingerprint density at radius 1 is 0.833 bits per heavy atom. The normalized spacial score (nSPS) is 10.5. The number of hydrogen-bond acceptors (Lipinski definition) is 2. The standard InChI is InChI=1S/C20H15Cl2NS/c1-13-6-2-3-7-15(13)20(24)16-11-10-14(12-18(16)22)23-19-9-5-4-8-17(19)21/h2-12,23H,1H3. The maximum atomic E-state index is 6.47. The molecule has 3 rings (SSSR count). The first-order valence-electron chi connectivity index (χ1n) is 7.47. The average molecular weight is 372 g/mol. The first kappa shape index (κ1) is 17.0. The van der Waals surface area contributed by atoms with Gasteiger partial charge in [0.1, 0.15) is 0 Å². The lowest BCUT2D eigenvalue weighted by Gasteiger charge is -2.12. The number of anilines is 2. The predicted molar refractivity (Wildman–Crippen MR) is 108 cm³/mol. The molecular weight excluding hydrogens is 357 g/mol. The van der Waals surface area contributed by atoms with E-state index in [-0.39, 0.29) is 0 Å². The van der Waals surface area contributed by atoms with Crippen LogP contribution in [-0.2, 0) is 0 Å². The third-order valence-electron chi connectivity index (χ3n) is 3.76. The van der Waals surface area contributed by atoms with Gasteiger partial charge in [-0.15, -0.1) is 0 Å². The zero-order valence-electron chi connectivity index (χ0n) is 13.0. The van der Waals surface area contributed by atoms with E-state index < -0.39 is 0 Å². The smallest absolute Gasteiger partial charge is 0.0640 e. The van der Waals surface area contributed by atoms with E-state index >= 15 is 0 Å². The van der Waals surface area contributed by atoms with Gasteiger partial charge in [-0.05, 0) is 48.4 Å². The lowest BCUT2D eigenvalue weighted by molar-refractivity contribution is 1.44. The molecule has 0 bridgehead atoms. The highest BCUT2D eigenvalue weighted by atomic mass is 35.5. The number of nitrogens with one attached hydrogen (secondary N) is 1. The van der Waals surface area contributed by atoms with Crippen molar-refractivity contribution in [2.24, 2.45) is 0 Å². The molecule has 24 heavy (non-hydrogen) atoms. The van der Waals surface area contributed by atoms with Crippen molar-refractivity contribution in [2.75, 3.05) is 5.32 Å². The van der Waals surface area contributed by atoms with E-state index in [0.717, 1.165) is 32.9 Å². The lowest BCUT2D eigenvalue weighted by Crippen LogP contribution is -2.03. The molecule has 3 aromatic rings. The van der Waals surface area contributed by atoms with Gasteiger partial charge in [0.2, 0.25) is 0 Å². The summed E-state index contributed by atoms with van der Waals surface area (Å²) in [6.45, 7) is 2.04. The third kappa shape index (κ3) is 3.62. The van der Waals surface area contributed by atoms with Crippen LogP contribution in [0.3, 0.4) is 0 Å². The molecule has 0 fully saturated rings. The number of benzene rings is 3. The molecule has 0 saturated heterocycles. The Bertz CT molecular complexity index is 906. The Kier molecular flexibility index (Phi) is 5.20. The highest BCUT2D eigenvalue weighted by Gasteiger charge is 2.11. The fourth-order valence-corrected chi connectivity index (χ4v) is 3.39. The number of para-hydroxylation sites is 1.